The Kier molecular flexibility index (Phi) is 6.33. The second-order valence-electron chi connectivity index (χ2n) is 10.6. The van der Waals surface area contributed by atoms with Gasteiger partial charge in [0.25, 0.3) is 0 Å². The highest BCUT2D eigenvalue weighted by Crippen LogP contribution is 2.33. The van der Waals surface area contributed by atoms with Gasteiger partial charge in [0.05, 0.1) is 11.1 Å². The van der Waals surface area contributed by atoms with Crippen molar-refractivity contribution in [1.29, 1.82) is 0 Å². The number of fused-ring (bicyclic) bond motifs is 2. The highest BCUT2D eigenvalue weighted by Gasteiger charge is 2.33. The van der Waals surface area contributed by atoms with Crippen LogP contribution in [0.2, 0.25) is 0 Å². The summed E-state index contributed by atoms with van der Waals surface area (Å²) in [4.78, 5) is 38.3. The lowest BCUT2D eigenvalue weighted by molar-refractivity contribution is 0.0986. The SMILES string of the molecule is CC(C)Cc1ccc2c(c1)C(O)=C(C=CC=CC=C1C(=O)c3ccc(C(C)(C)C)cc3C1=O)C2=O. The second kappa shape index (κ2) is 9.10. The van der Waals surface area contributed by atoms with Crippen molar-refractivity contribution in [2.24, 2.45) is 5.92 Å². The summed E-state index contributed by atoms with van der Waals surface area (Å²) in [6, 6.07) is 11.0. The first-order valence-electron chi connectivity index (χ1n) is 11.9. The Morgan fingerprint density at radius 2 is 1.46 bits per heavy atom. The number of aliphatic hydroxyl groups excluding tert-OH is 1. The predicted octanol–water partition coefficient (Wildman–Crippen LogP) is 6.77. The zero-order valence-electron chi connectivity index (χ0n) is 20.8. The van der Waals surface area contributed by atoms with Gasteiger partial charge in [-0.05, 0) is 59.2 Å². The molecular weight excluding hydrogens is 436 g/mol. The molecule has 0 amide bonds. The molecule has 0 spiro atoms. The highest BCUT2D eigenvalue weighted by atomic mass is 16.3. The van der Waals surface area contributed by atoms with Gasteiger partial charge in [-0.25, -0.2) is 0 Å². The normalized spacial score (nSPS) is 17.1. The maximum Gasteiger partial charge on any atom is 0.197 e. The summed E-state index contributed by atoms with van der Waals surface area (Å²) >= 11 is 0. The van der Waals surface area contributed by atoms with Crippen LogP contribution in [0.5, 0.6) is 0 Å². The highest BCUT2D eigenvalue weighted by molar-refractivity contribution is 6.39. The minimum atomic E-state index is -0.280. The Hall–Kier alpha value is -3.79. The fourth-order valence-electron chi connectivity index (χ4n) is 4.45. The van der Waals surface area contributed by atoms with Crippen molar-refractivity contribution in [3.8, 4) is 0 Å². The smallest absolute Gasteiger partial charge is 0.197 e. The first kappa shape index (κ1) is 24.3. The second-order valence-corrected chi connectivity index (χ2v) is 10.6. The van der Waals surface area contributed by atoms with E-state index in [0.29, 0.717) is 28.2 Å². The van der Waals surface area contributed by atoms with Gasteiger partial charge in [-0.3, -0.25) is 14.4 Å². The summed E-state index contributed by atoms with van der Waals surface area (Å²) in [6.45, 7) is 10.4. The molecule has 2 aromatic carbocycles. The molecule has 0 saturated heterocycles. The molecule has 0 aliphatic heterocycles. The number of Topliss-reactive ketones (excluding diaryl/α,β-unsaturated/α-hetero) is 3. The van der Waals surface area contributed by atoms with Crippen molar-refractivity contribution in [1.82, 2.24) is 0 Å². The van der Waals surface area contributed by atoms with Crippen LogP contribution in [-0.4, -0.2) is 22.5 Å². The maximum absolute atomic E-state index is 12.8. The minimum absolute atomic E-state index is 0.0233. The summed E-state index contributed by atoms with van der Waals surface area (Å²) in [6.07, 6.45) is 8.79. The van der Waals surface area contributed by atoms with E-state index in [2.05, 4.69) is 34.6 Å². The Bertz CT molecular complexity index is 1370. The predicted molar refractivity (Wildman–Crippen MR) is 139 cm³/mol. The summed E-state index contributed by atoms with van der Waals surface area (Å²) in [5.74, 6) is -0.323. The molecule has 2 aromatic rings. The van der Waals surface area contributed by atoms with Gasteiger partial charge in [0.15, 0.2) is 17.3 Å². The van der Waals surface area contributed by atoms with Crippen molar-refractivity contribution >= 4 is 23.1 Å². The Labute approximate surface area is 206 Å². The van der Waals surface area contributed by atoms with E-state index in [9.17, 15) is 19.5 Å². The van der Waals surface area contributed by atoms with E-state index in [1.54, 1.807) is 36.4 Å². The fourth-order valence-corrected chi connectivity index (χ4v) is 4.45. The number of carbonyl (C=O) groups excluding carboxylic acids is 3. The molecule has 4 nitrogen and oxygen atoms in total. The third-order valence-electron chi connectivity index (χ3n) is 6.34. The zero-order chi connectivity index (χ0) is 25.5. The van der Waals surface area contributed by atoms with E-state index in [-0.39, 0.29) is 39.7 Å². The quantitative estimate of drug-likeness (QED) is 0.300. The molecule has 178 valence electrons. The van der Waals surface area contributed by atoms with E-state index in [4.69, 9.17) is 0 Å². The van der Waals surface area contributed by atoms with Crippen molar-refractivity contribution in [3.05, 3.63) is 111 Å². The number of allylic oxidation sites excluding steroid dienone is 7. The Morgan fingerprint density at radius 1 is 0.800 bits per heavy atom. The monoisotopic (exact) mass is 466 g/mol. The van der Waals surface area contributed by atoms with Crippen molar-refractivity contribution in [3.63, 3.8) is 0 Å². The number of hydrogen-bond donors (Lipinski definition) is 1. The topological polar surface area (TPSA) is 71.4 Å². The minimum Gasteiger partial charge on any atom is -0.507 e. The van der Waals surface area contributed by atoms with Crippen LogP contribution >= 0.6 is 0 Å². The van der Waals surface area contributed by atoms with Gasteiger partial charge in [-0.1, -0.05) is 71.0 Å². The average Bonchev–Trinajstić information content (AvgIpc) is 3.17. The number of carbonyl (C=O) groups is 3. The van der Waals surface area contributed by atoms with Crippen LogP contribution in [0.4, 0.5) is 0 Å². The molecule has 0 radical (unpaired) electrons. The van der Waals surface area contributed by atoms with E-state index in [1.807, 2.05) is 24.3 Å². The number of aliphatic hydroxyl groups is 1. The molecule has 0 heterocycles. The lowest BCUT2D eigenvalue weighted by Gasteiger charge is -2.19. The lowest BCUT2D eigenvalue weighted by Crippen LogP contribution is -2.12. The first-order chi connectivity index (χ1) is 16.5. The van der Waals surface area contributed by atoms with Crippen LogP contribution in [0.15, 0.2) is 77.9 Å². The first-order valence-corrected chi connectivity index (χ1v) is 11.9. The van der Waals surface area contributed by atoms with Crippen LogP contribution in [0.3, 0.4) is 0 Å². The van der Waals surface area contributed by atoms with Gasteiger partial charge in [-0.2, -0.15) is 0 Å². The molecule has 0 fully saturated rings. The van der Waals surface area contributed by atoms with Crippen LogP contribution in [0.25, 0.3) is 5.76 Å². The van der Waals surface area contributed by atoms with Crippen LogP contribution in [-0.2, 0) is 11.8 Å². The number of ketones is 3. The molecule has 0 bridgehead atoms. The summed E-state index contributed by atoms with van der Waals surface area (Å²) in [7, 11) is 0. The maximum atomic E-state index is 12.8. The van der Waals surface area contributed by atoms with Crippen molar-refractivity contribution < 1.29 is 19.5 Å². The lowest BCUT2D eigenvalue weighted by atomic mass is 9.85. The molecule has 4 rings (SSSR count). The number of hydrogen-bond acceptors (Lipinski definition) is 4. The van der Waals surface area contributed by atoms with E-state index >= 15 is 0 Å². The molecule has 0 saturated carbocycles. The molecule has 1 N–H and O–H groups in total. The molecule has 0 unspecified atom stereocenters. The van der Waals surface area contributed by atoms with Gasteiger partial charge >= 0.3 is 0 Å². The number of benzene rings is 2. The summed E-state index contributed by atoms with van der Waals surface area (Å²) in [5.41, 5.74) is 4.25. The van der Waals surface area contributed by atoms with Crippen molar-refractivity contribution in [2.75, 3.05) is 0 Å². The van der Waals surface area contributed by atoms with E-state index in [0.717, 1.165) is 17.5 Å². The van der Waals surface area contributed by atoms with Gasteiger partial charge in [0, 0.05) is 22.3 Å². The standard InChI is InChI=1S/C31H30O4/c1-18(2)15-19-11-13-21-25(16-19)29(34)23(27(21)32)9-7-6-8-10-24-28(33)22-14-12-20(31(3,4)5)17-26(22)30(24)35/h6-14,16-18,34H,15H2,1-5H3. The van der Waals surface area contributed by atoms with E-state index < -0.39 is 0 Å². The Morgan fingerprint density at radius 3 is 2.14 bits per heavy atom. The van der Waals surface area contributed by atoms with Gasteiger partial charge in [-0.15, -0.1) is 0 Å². The molecule has 2 aliphatic carbocycles. The average molecular weight is 467 g/mol. The Balaban J connectivity index is 1.51. The summed E-state index contributed by atoms with van der Waals surface area (Å²) < 4.78 is 0. The molecule has 0 atom stereocenters. The largest absolute Gasteiger partial charge is 0.507 e. The van der Waals surface area contributed by atoms with Gasteiger partial charge < -0.3 is 5.11 Å². The molecule has 0 aromatic heterocycles. The summed E-state index contributed by atoms with van der Waals surface area (Å²) in [5, 5.41) is 10.6. The third-order valence-corrected chi connectivity index (χ3v) is 6.34. The third kappa shape index (κ3) is 4.61. The molecule has 4 heteroatoms. The van der Waals surface area contributed by atoms with Gasteiger partial charge in [0.1, 0.15) is 5.76 Å². The number of rotatable bonds is 5. The van der Waals surface area contributed by atoms with Crippen molar-refractivity contribution in [2.45, 2.75) is 46.5 Å². The van der Waals surface area contributed by atoms with Crippen LogP contribution in [0, 0.1) is 5.92 Å². The molecule has 35 heavy (non-hydrogen) atoms. The van der Waals surface area contributed by atoms with Crippen LogP contribution < -0.4 is 0 Å². The van der Waals surface area contributed by atoms with Crippen LogP contribution in [0.1, 0.15) is 82.4 Å². The van der Waals surface area contributed by atoms with Gasteiger partial charge in [0.2, 0.25) is 0 Å². The zero-order valence-corrected chi connectivity index (χ0v) is 20.8. The fraction of sp³-hybridized carbons (Fsp3) is 0.258. The molecule has 2 aliphatic rings. The molecular formula is C31H30O4. The van der Waals surface area contributed by atoms with E-state index in [1.165, 1.54) is 6.08 Å².